The van der Waals surface area contributed by atoms with Gasteiger partial charge in [0.05, 0.1) is 17.8 Å². The molecular weight excluding hydrogens is 307 g/mol. The van der Waals surface area contributed by atoms with Gasteiger partial charge in [0.25, 0.3) is 0 Å². The summed E-state index contributed by atoms with van der Waals surface area (Å²) in [4.78, 5) is 7.92. The zero-order chi connectivity index (χ0) is 16.4. The SMILES string of the molecule is OC1CC([C@H](Nc2cccc(C(F)(F)F)n2)c2ccccn2)C1. The highest BCUT2D eigenvalue weighted by Gasteiger charge is 2.36. The summed E-state index contributed by atoms with van der Waals surface area (Å²) >= 11 is 0. The lowest BCUT2D eigenvalue weighted by Gasteiger charge is -2.38. The van der Waals surface area contributed by atoms with Crippen LogP contribution < -0.4 is 5.32 Å². The van der Waals surface area contributed by atoms with E-state index in [2.05, 4.69) is 15.3 Å². The van der Waals surface area contributed by atoms with Crippen LogP contribution in [-0.4, -0.2) is 21.2 Å². The Labute approximate surface area is 131 Å². The van der Waals surface area contributed by atoms with Crippen molar-refractivity contribution in [2.24, 2.45) is 5.92 Å². The summed E-state index contributed by atoms with van der Waals surface area (Å²) in [5.41, 5.74) is -0.209. The van der Waals surface area contributed by atoms with Crippen molar-refractivity contribution in [3.05, 3.63) is 54.0 Å². The highest BCUT2D eigenvalue weighted by Crippen LogP contribution is 2.39. The van der Waals surface area contributed by atoms with Crippen LogP contribution in [0.5, 0.6) is 0 Å². The van der Waals surface area contributed by atoms with Crippen molar-refractivity contribution in [1.29, 1.82) is 0 Å². The van der Waals surface area contributed by atoms with Gasteiger partial charge in [-0.3, -0.25) is 4.98 Å². The van der Waals surface area contributed by atoms with Gasteiger partial charge in [0, 0.05) is 6.20 Å². The fourth-order valence-corrected chi connectivity index (χ4v) is 2.73. The molecule has 7 heteroatoms. The summed E-state index contributed by atoms with van der Waals surface area (Å²) in [5, 5.41) is 12.6. The van der Waals surface area contributed by atoms with Crippen LogP contribution in [0.3, 0.4) is 0 Å². The van der Waals surface area contributed by atoms with Crippen molar-refractivity contribution in [2.75, 3.05) is 5.32 Å². The van der Waals surface area contributed by atoms with Crippen molar-refractivity contribution >= 4 is 5.82 Å². The molecule has 1 aliphatic rings. The van der Waals surface area contributed by atoms with Gasteiger partial charge in [-0.1, -0.05) is 12.1 Å². The van der Waals surface area contributed by atoms with Crippen LogP contribution in [0.4, 0.5) is 19.0 Å². The zero-order valence-corrected chi connectivity index (χ0v) is 12.2. The van der Waals surface area contributed by atoms with Gasteiger partial charge >= 0.3 is 6.18 Å². The summed E-state index contributed by atoms with van der Waals surface area (Å²) in [7, 11) is 0. The van der Waals surface area contributed by atoms with E-state index in [1.54, 1.807) is 12.3 Å². The number of alkyl halides is 3. The van der Waals surface area contributed by atoms with Gasteiger partial charge in [-0.15, -0.1) is 0 Å². The third-order valence-electron chi connectivity index (χ3n) is 3.97. The Morgan fingerprint density at radius 3 is 2.52 bits per heavy atom. The molecule has 2 N–H and O–H groups in total. The first kappa shape index (κ1) is 15.7. The van der Waals surface area contributed by atoms with Crippen LogP contribution in [0.25, 0.3) is 0 Å². The number of rotatable bonds is 4. The van der Waals surface area contributed by atoms with E-state index in [1.807, 2.05) is 12.1 Å². The standard InChI is InChI=1S/C16H16F3N3O/c17-16(18,19)13-5-3-6-14(21-13)22-15(10-8-11(23)9-10)12-4-1-2-7-20-12/h1-7,10-11,15,23H,8-9H2,(H,21,22)/t10?,11?,15-/m0/s1. The molecule has 0 unspecified atom stereocenters. The maximum absolute atomic E-state index is 12.8. The van der Waals surface area contributed by atoms with Gasteiger partial charge in [-0.25, -0.2) is 4.98 Å². The number of aliphatic hydroxyl groups is 1. The van der Waals surface area contributed by atoms with Crippen LogP contribution in [0, 0.1) is 5.92 Å². The first-order valence-corrected chi connectivity index (χ1v) is 7.33. The Morgan fingerprint density at radius 2 is 1.91 bits per heavy atom. The first-order valence-electron chi connectivity index (χ1n) is 7.33. The Bertz CT molecular complexity index is 657. The third kappa shape index (κ3) is 3.61. The minimum absolute atomic E-state index is 0.108. The van der Waals surface area contributed by atoms with Crippen molar-refractivity contribution in [2.45, 2.75) is 31.2 Å². The smallest absolute Gasteiger partial charge is 0.393 e. The van der Waals surface area contributed by atoms with E-state index in [4.69, 9.17) is 0 Å². The van der Waals surface area contributed by atoms with E-state index >= 15 is 0 Å². The molecule has 2 aromatic rings. The topological polar surface area (TPSA) is 58.0 Å². The molecule has 2 heterocycles. The van der Waals surface area contributed by atoms with E-state index < -0.39 is 11.9 Å². The number of aromatic nitrogens is 2. The quantitative estimate of drug-likeness (QED) is 0.905. The fourth-order valence-electron chi connectivity index (χ4n) is 2.73. The number of pyridine rings is 2. The second-order valence-electron chi connectivity index (χ2n) is 5.67. The van der Waals surface area contributed by atoms with Crippen LogP contribution in [0.2, 0.25) is 0 Å². The van der Waals surface area contributed by atoms with Gasteiger partial charge in [0.15, 0.2) is 0 Å². The summed E-state index contributed by atoms with van der Waals surface area (Å²) in [6, 6.07) is 8.90. The summed E-state index contributed by atoms with van der Waals surface area (Å²) in [6.45, 7) is 0. The van der Waals surface area contributed by atoms with Gasteiger partial charge in [-0.05, 0) is 43.0 Å². The van der Waals surface area contributed by atoms with Gasteiger partial charge in [0.1, 0.15) is 11.5 Å². The lowest BCUT2D eigenvalue weighted by atomic mass is 9.76. The van der Waals surface area contributed by atoms with Crippen molar-refractivity contribution < 1.29 is 18.3 Å². The van der Waals surface area contributed by atoms with Crippen molar-refractivity contribution in [1.82, 2.24) is 9.97 Å². The number of hydrogen-bond donors (Lipinski definition) is 2. The van der Waals surface area contributed by atoms with Crippen LogP contribution in [0.15, 0.2) is 42.6 Å². The third-order valence-corrected chi connectivity index (χ3v) is 3.97. The average molecular weight is 323 g/mol. The molecule has 0 spiro atoms. The molecule has 0 saturated heterocycles. The lowest BCUT2D eigenvalue weighted by molar-refractivity contribution is -0.141. The Morgan fingerprint density at radius 1 is 1.13 bits per heavy atom. The number of nitrogens with zero attached hydrogens (tertiary/aromatic N) is 2. The summed E-state index contributed by atoms with van der Waals surface area (Å²) < 4.78 is 38.3. The van der Waals surface area contributed by atoms with E-state index in [1.165, 1.54) is 12.1 Å². The number of hydrogen-bond acceptors (Lipinski definition) is 4. The normalized spacial score (nSPS) is 22.3. The fraction of sp³-hybridized carbons (Fsp3) is 0.375. The van der Waals surface area contributed by atoms with Crippen LogP contribution >= 0.6 is 0 Å². The molecule has 1 aliphatic carbocycles. The maximum atomic E-state index is 12.8. The lowest BCUT2D eigenvalue weighted by Crippen LogP contribution is -2.36. The number of nitrogens with one attached hydrogen (secondary N) is 1. The minimum Gasteiger partial charge on any atom is -0.393 e. The monoisotopic (exact) mass is 323 g/mol. The molecule has 23 heavy (non-hydrogen) atoms. The van der Waals surface area contributed by atoms with Gasteiger partial charge < -0.3 is 10.4 Å². The van der Waals surface area contributed by atoms with E-state index in [9.17, 15) is 18.3 Å². The number of anilines is 1. The molecule has 2 aromatic heterocycles. The Hall–Kier alpha value is -2.15. The molecular formula is C16H16F3N3O. The molecule has 1 saturated carbocycles. The summed E-state index contributed by atoms with van der Waals surface area (Å²) in [5.74, 6) is 0.258. The minimum atomic E-state index is -4.48. The predicted molar refractivity (Wildman–Crippen MR) is 78.6 cm³/mol. The summed E-state index contributed by atoms with van der Waals surface area (Å²) in [6.07, 6.45) is -2.02. The molecule has 0 radical (unpaired) electrons. The molecule has 3 rings (SSSR count). The molecule has 0 bridgehead atoms. The molecule has 1 fully saturated rings. The molecule has 0 aliphatic heterocycles. The first-order chi connectivity index (χ1) is 10.9. The highest BCUT2D eigenvalue weighted by molar-refractivity contribution is 5.39. The Kier molecular flexibility index (Phi) is 4.21. The second-order valence-corrected chi connectivity index (χ2v) is 5.67. The van der Waals surface area contributed by atoms with Gasteiger partial charge in [0.2, 0.25) is 0 Å². The molecule has 0 amide bonds. The van der Waals surface area contributed by atoms with Crippen LogP contribution in [-0.2, 0) is 6.18 Å². The molecule has 122 valence electrons. The second kappa shape index (κ2) is 6.16. The molecule has 4 nitrogen and oxygen atoms in total. The van der Waals surface area contributed by atoms with E-state index in [0.29, 0.717) is 12.8 Å². The number of halogens is 3. The predicted octanol–water partition coefficient (Wildman–Crippen LogP) is 3.42. The molecule has 0 aromatic carbocycles. The maximum Gasteiger partial charge on any atom is 0.433 e. The van der Waals surface area contributed by atoms with Crippen molar-refractivity contribution in [3.8, 4) is 0 Å². The zero-order valence-electron chi connectivity index (χ0n) is 12.2. The van der Waals surface area contributed by atoms with Crippen molar-refractivity contribution in [3.63, 3.8) is 0 Å². The number of aliphatic hydroxyl groups excluding tert-OH is 1. The van der Waals surface area contributed by atoms with E-state index in [-0.39, 0.29) is 23.9 Å². The molecule has 1 atom stereocenters. The van der Waals surface area contributed by atoms with Crippen LogP contribution in [0.1, 0.15) is 30.3 Å². The highest BCUT2D eigenvalue weighted by atomic mass is 19.4. The largest absolute Gasteiger partial charge is 0.433 e. The van der Waals surface area contributed by atoms with Gasteiger partial charge in [-0.2, -0.15) is 13.2 Å². The average Bonchev–Trinajstić information content (AvgIpc) is 2.50. The van der Waals surface area contributed by atoms with E-state index in [0.717, 1.165) is 11.8 Å². The Balaban J connectivity index is 1.84.